The molecule has 1 unspecified atom stereocenters. The highest BCUT2D eigenvalue weighted by molar-refractivity contribution is 9.10. The van der Waals surface area contributed by atoms with E-state index in [2.05, 4.69) is 32.7 Å². The van der Waals surface area contributed by atoms with E-state index >= 15 is 0 Å². The van der Waals surface area contributed by atoms with Crippen LogP contribution < -0.4 is 19.2 Å². The Morgan fingerprint density at radius 2 is 1.52 bits per heavy atom. The molecular weight excluding hydrogens is 640 g/mol. The summed E-state index contributed by atoms with van der Waals surface area (Å²) >= 11 is 1.74. The molecule has 1 atom stereocenters. The molecule has 0 saturated carbocycles. The van der Waals surface area contributed by atoms with Gasteiger partial charge in [0.25, 0.3) is 5.56 Å². The number of hydrogen-bond donors (Lipinski definition) is 2. The van der Waals surface area contributed by atoms with Gasteiger partial charge in [-0.2, -0.15) is 8.72 Å². The smallest absolute Gasteiger partial charge is 0.316 e. The Balaban J connectivity index is 1.11. The number of aromatic amines is 1. The number of ether oxygens (including phenoxy) is 1. The van der Waals surface area contributed by atoms with Crippen molar-refractivity contribution in [3.8, 4) is 22.8 Å². The number of nitrogens with zero attached hydrogens (tertiary/aromatic N) is 2. The lowest BCUT2D eigenvalue weighted by Gasteiger charge is -2.09. The van der Waals surface area contributed by atoms with Gasteiger partial charge in [0.05, 0.1) is 33.4 Å². The molecule has 0 aliphatic rings. The lowest BCUT2D eigenvalue weighted by Crippen LogP contribution is -2.16. The zero-order valence-corrected chi connectivity index (χ0v) is 27.4. The van der Waals surface area contributed by atoms with Gasteiger partial charge in [-0.3, -0.25) is 14.6 Å². The highest BCUT2D eigenvalue weighted by Gasteiger charge is 2.16. The first-order chi connectivity index (χ1) is 21.5. The third kappa shape index (κ3) is 8.30. The van der Waals surface area contributed by atoms with Gasteiger partial charge in [-0.15, -0.1) is 0 Å². The molecule has 2 heterocycles. The normalized spacial score (nSPS) is 12.0. The molecule has 10 heteroatoms. The van der Waals surface area contributed by atoms with Gasteiger partial charge in [0, 0.05) is 5.56 Å². The second-order valence-electron chi connectivity index (χ2n) is 10.9. The summed E-state index contributed by atoms with van der Waals surface area (Å²) < 4.78 is 29.1. The summed E-state index contributed by atoms with van der Waals surface area (Å²) in [6.07, 6.45) is 12.9. The molecule has 8 nitrogen and oxygen atoms in total. The minimum Gasteiger partial charge on any atom is -0.494 e. The maximum absolute atomic E-state index is 13.2. The third-order valence-electron chi connectivity index (χ3n) is 7.53. The predicted molar refractivity (Wildman–Crippen MR) is 183 cm³/mol. The molecule has 0 spiro atoms. The lowest BCUT2D eigenvalue weighted by atomic mass is 10.1. The van der Waals surface area contributed by atoms with Crippen molar-refractivity contribution in [2.75, 3.05) is 11.3 Å². The van der Waals surface area contributed by atoms with Gasteiger partial charge in [-0.1, -0.05) is 95.0 Å². The Morgan fingerprint density at radius 1 is 0.864 bits per heavy atom. The first kappa shape index (κ1) is 31.8. The number of nitrogens with one attached hydrogen (secondary N) is 2. The van der Waals surface area contributed by atoms with Crippen molar-refractivity contribution in [2.45, 2.75) is 71.1 Å². The van der Waals surface area contributed by atoms with Gasteiger partial charge >= 0.3 is 11.3 Å². The molecule has 5 rings (SSSR count). The molecular formula is C34H39BrN4O4S. The molecule has 0 radical (unpaired) electrons. The number of H-pyrrole nitrogens is 1. The molecule has 2 N–H and O–H groups in total. The van der Waals surface area contributed by atoms with Crippen molar-refractivity contribution >= 4 is 49.4 Å². The summed E-state index contributed by atoms with van der Waals surface area (Å²) in [5, 5.41) is 3.58. The van der Waals surface area contributed by atoms with Gasteiger partial charge < -0.3 is 8.92 Å². The van der Waals surface area contributed by atoms with E-state index < -0.39 is 11.3 Å². The summed E-state index contributed by atoms with van der Waals surface area (Å²) in [5.41, 5.74) is 2.91. The van der Waals surface area contributed by atoms with Crippen LogP contribution in [0.25, 0.3) is 27.8 Å². The Bertz CT molecular complexity index is 1740. The van der Waals surface area contributed by atoms with Gasteiger partial charge in [-0.05, 0) is 64.8 Å². The van der Waals surface area contributed by atoms with Crippen molar-refractivity contribution in [2.24, 2.45) is 0 Å². The van der Waals surface area contributed by atoms with Crippen molar-refractivity contribution < 1.29 is 13.1 Å². The zero-order valence-electron chi connectivity index (χ0n) is 25.0. The molecule has 0 amide bonds. The summed E-state index contributed by atoms with van der Waals surface area (Å²) in [4.78, 5) is 17.9. The van der Waals surface area contributed by atoms with E-state index in [0.29, 0.717) is 39.1 Å². The molecule has 232 valence electrons. The van der Waals surface area contributed by atoms with E-state index in [1.165, 1.54) is 62.3 Å². The third-order valence-corrected chi connectivity index (χ3v) is 9.03. The van der Waals surface area contributed by atoms with Gasteiger partial charge in [-0.25, -0.2) is 4.98 Å². The van der Waals surface area contributed by atoms with Crippen molar-refractivity contribution in [1.29, 1.82) is 0 Å². The molecule has 3 aromatic carbocycles. The molecule has 0 bridgehead atoms. The van der Waals surface area contributed by atoms with Crippen LogP contribution in [-0.2, 0) is 11.3 Å². The standard InChI is InChI=1S/C34H39BrN4O4S/c1-2-3-4-5-6-7-8-9-10-14-23-42-27-18-20-28(21-19-27)43-44(41)38-26-17-22-29-30(24-26)36-33-31(35)32(37-39(33)34(29)40)25-15-12-11-13-16-25/h11-13,15-22,24,37-38H,2-10,14,23H2,1H3. The van der Waals surface area contributed by atoms with Crippen LogP contribution in [0.4, 0.5) is 5.69 Å². The van der Waals surface area contributed by atoms with Crippen LogP contribution in [0.2, 0.25) is 0 Å². The van der Waals surface area contributed by atoms with Crippen LogP contribution >= 0.6 is 15.9 Å². The Kier molecular flexibility index (Phi) is 11.5. The highest BCUT2D eigenvalue weighted by Crippen LogP contribution is 2.30. The van der Waals surface area contributed by atoms with Crippen LogP contribution in [-0.4, -0.2) is 25.4 Å². The minimum absolute atomic E-state index is 0.229. The second kappa shape index (κ2) is 15.9. The van der Waals surface area contributed by atoms with Gasteiger partial charge in [0.1, 0.15) is 11.5 Å². The number of unbranched alkanes of at least 4 members (excludes halogenated alkanes) is 9. The number of anilines is 1. The maximum atomic E-state index is 13.2. The average molecular weight is 680 g/mol. The fourth-order valence-electron chi connectivity index (χ4n) is 5.14. The van der Waals surface area contributed by atoms with E-state index in [-0.39, 0.29) is 5.56 Å². The van der Waals surface area contributed by atoms with E-state index in [4.69, 9.17) is 13.9 Å². The number of rotatable bonds is 17. The van der Waals surface area contributed by atoms with Crippen LogP contribution in [0.15, 0.2) is 82.1 Å². The minimum atomic E-state index is -1.86. The lowest BCUT2D eigenvalue weighted by molar-refractivity contribution is 0.304. The van der Waals surface area contributed by atoms with Crippen molar-refractivity contribution in [3.63, 3.8) is 0 Å². The van der Waals surface area contributed by atoms with E-state index in [1.54, 1.807) is 30.3 Å². The van der Waals surface area contributed by atoms with Crippen LogP contribution in [0.1, 0.15) is 71.1 Å². The second-order valence-corrected chi connectivity index (χ2v) is 12.5. The highest BCUT2D eigenvalue weighted by atomic mass is 79.9. The van der Waals surface area contributed by atoms with Crippen LogP contribution in [0.3, 0.4) is 0 Å². The fourth-order valence-corrected chi connectivity index (χ4v) is 6.37. The summed E-state index contributed by atoms with van der Waals surface area (Å²) in [5.74, 6) is 1.21. The quantitative estimate of drug-likeness (QED) is 0.0957. The SMILES string of the molecule is CCCCCCCCCCCCOc1ccc(OS(=O)Nc2ccc3c(=O)n4[nH]c(-c5ccccc5)c(Br)c4nc3c2)cc1. The molecule has 0 aliphatic carbocycles. The molecule has 5 aromatic rings. The average Bonchev–Trinajstić information content (AvgIpc) is 3.37. The number of benzene rings is 3. The monoisotopic (exact) mass is 678 g/mol. The Hall–Kier alpha value is -3.63. The molecule has 2 aromatic heterocycles. The molecule has 0 saturated heterocycles. The first-order valence-electron chi connectivity index (χ1n) is 15.4. The molecule has 0 aliphatic heterocycles. The maximum Gasteiger partial charge on any atom is 0.316 e. The largest absolute Gasteiger partial charge is 0.494 e. The zero-order chi connectivity index (χ0) is 30.7. The summed E-state index contributed by atoms with van der Waals surface area (Å²) in [6, 6.07) is 21.9. The first-order valence-corrected chi connectivity index (χ1v) is 17.3. The number of fused-ring (bicyclic) bond motifs is 2. The van der Waals surface area contributed by atoms with E-state index in [9.17, 15) is 9.00 Å². The van der Waals surface area contributed by atoms with E-state index in [0.717, 1.165) is 23.4 Å². The summed E-state index contributed by atoms with van der Waals surface area (Å²) in [6.45, 7) is 2.94. The molecule has 0 fully saturated rings. The topological polar surface area (TPSA) is 97.7 Å². The predicted octanol–water partition coefficient (Wildman–Crippen LogP) is 8.97. The van der Waals surface area contributed by atoms with Gasteiger partial charge in [0.2, 0.25) is 0 Å². The number of hydrogen-bond acceptors (Lipinski definition) is 5. The molecule has 44 heavy (non-hydrogen) atoms. The number of halogens is 1. The Labute approximate surface area is 269 Å². The van der Waals surface area contributed by atoms with Gasteiger partial charge in [0.15, 0.2) is 5.65 Å². The van der Waals surface area contributed by atoms with Crippen LogP contribution in [0, 0.1) is 0 Å². The number of aromatic nitrogens is 3. The van der Waals surface area contributed by atoms with Crippen molar-refractivity contribution in [1.82, 2.24) is 14.6 Å². The Morgan fingerprint density at radius 3 is 2.23 bits per heavy atom. The van der Waals surface area contributed by atoms with Crippen LogP contribution in [0.5, 0.6) is 11.5 Å². The summed E-state index contributed by atoms with van der Waals surface area (Å²) in [7, 11) is 0. The fraction of sp³-hybridized carbons (Fsp3) is 0.353. The van der Waals surface area contributed by atoms with E-state index in [1.807, 2.05) is 42.5 Å². The van der Waals surface area contributed by atoms with Crippen molar-refractivity contribution in [3.05, 3.63) is 87.6 Å².